The molecule has 10 nitrogen and oxygen atoms in total. The first kappa shape index (κ1) is 30.9. The predicted molar refractivity (Wildman–Crippen MR) is 169 cm³/mol. The Bertz CT molecular complexity index is 1370. The van der Waals surface area contributed by atoms with Crippen molar-refractivity contribution in [3.63, 3.8) is 0 Å². The van der Waals surface area contributed by atoms with Gasteiger partial charge >= 0.3 is 0 Å². The summed E-state index contributed by atoms with van der Waals surface area (Å²) in [5.41, 5.74) is 2.29. The van der Waals surface area contributed by atoms with Crippen LogP contribution in [0.4, 0.5) is 11.4 Å². The van der Waals surface area contributed by atoms with Crippen molar-refractivity contribution in [1.29, 1.82) is 0 Å². The van der Waals surface area contributed by atoms with Crippen LogP contribution in [0, 0.1) is 0 Å². The standard InChI is InChI=1S/C30H35N3O7S2/c1-37-25-10-5-20(15-24(25)35)18-33(22-16-26(38-2)29(40-4)27(17-22)39-3)28(36)19-42-30(41)32-13-11-31(12-14-32)21-6-8-23(34)9-7-21/h5-10,15-17,34-35H,11-14,18-19H2,1-4H3. The molecule has 2 N–H and O–H groups in total. The number of anilines is 2. The summed E-state index contributed by atoms with van der Waals surface area (Å²) in [4.78, 5) is 19.7. The summed E-state index contributed by atoms with van der Waals surface area (Å²) in [5, 5.41) is 19.9. The summed E-state index contributed by atoms with van der Waals surface area (Å²) < 4.78 is 22.3. The van der Waals surface area contributed by atoms with Gasteiger partial charge in [0.25, 0.3) is 0 Å². The van der Waals surface area contributed by atoms with Crippen LogP contribution < -0.4 is 28.7 Å². The largest absolute Gasteiger partial charge is 0.508 e. The number of hydrogen-bond acceptors (Lipinski definition) is 10. The number of piperazine rings is 1. The zero-order chi connectivity index (χ0) is 30.2. The Hall–Kier alpha value is -4.03. The molecule has 0 unspecified atom stereocenters. The van der Waals surface area contributed by atoms with Crippen LogP contribution in [0.2, 0.25) is 0 Å². The van der Waals surface area contributed by atoms with E-state index in [1.807, 2.05) is 12.1 Å². The lowest BCUT2D eigenvalue weighted by Gasteiger charge is -2.37. The lowest BCUT2D eigenvalue weighted by molar-refractivity contribution is -0.116. The van der Waals surface area contributed by atoms with E-state index in [1.165, 1.54) is 40.2 Å². The Kier molecular flexibility index (Phi) is 10.5. The van der Waals surface area contributed by atoms with Gasteiger partial charge < -0.3 is 43.9 Å². The van der Waals surface area contributed by atoms with Crippen LogP contribution in [0.1, 0.15) is 5.56 Å². The Balaban J connectivity index is 1.49. The number of carbonyl (C=O) groups is 1. The number of carbonyl (C=O) groups excluding carboxylic acids is 1. The fraction of sp³-hybridized carbons (Fsp3) is 0.333. The van der Waals surface area contributed by atoms with Crippen molar-refractivity contribution in [2.45, 2.75) is 6.54 Å². The summed E-state index contributed by atoms with van der Waals surface area (Å²) >= 11 is 7.04. The van der Waals surface area contributed by atoms with E-state index in [0.717, 1.165) is 31.9 Å². The second-order valence-corrected chi connectivity index (χ2v) is 11.0. The maximum absolute atomic E-state index is 13.8. The molecule has 0 radical (unpaired) electrons. The van der Waals surface area contributed by atoms with Crippen molar-refractivity contribution >= 4 is 45.6 Å². The molecular formula is C30H35N3O7S2. The SMILES string of the molecule is COc1ccc(CN(C(=O)CSC(=S)N2CCN(c3ccc(O)cc3)CC2)c2cc(OC)c(OC)c(OC)c2)cc1O. The molecule has 224 valence electrons. The molecule has 1 fully saturated rings. The number of aromatic hydroxyl groups is 2. The Morgan fingerprint density at radius 3 is 2.02 bits per heavy atom. The summed E-state index contributed by atoms with van der Waals surface area (Å²) in [6.45, 7) is 3.18. The number of thiocarbonyl (C=S) groups is 1. The molecule has 0 aliphatic carbocycles. The van der Waals surface area contributed by atoms with E-state index in [-0.39, 0.29) is 29.7 Å². The highest BCUT2D eigenvalue weighted by Gasteiger charge is 2.25. The molecule has 12 heteroatoms. The van der Waals surface area contributed by atoms with Crippen molar-refractivity contribution in [3.8, 4) is 34.5 Å². The monoisotopic (exact) mass is 613 g/mol. The van der Waals surface area contributed by atoms with E-state index in [9.17, 15) is 15.0 Å². The van der Waals surface area contributed by atoms with Crippen molar-refractivity contribution in [2.24, 2.45) is 0 Å². The molecule has 1 heterocycles. The molecule has 1 amide bonds. The molecule has 3 aromatic rings. The van der Waals surface area contributed by atoms with Crippen LogP contribution in [-0.2, 0) is 11.3 Å². The normalized spacial score (nSPS) is 13.0. The maximum atomic E-state index is 13.8. The van der Waals surface area contributed by atoms with Gasteiger partial charge in [0.2, 0.25) is 11.7 Å². The molecular weight excluding hydrogens is 578 g/mol. The summed E-state index contributed by atoms with van der Waals surface area (Å²) in [6, 6.07) is 15.6. The van der Waals surface area contributed by atoms with Gasteiger partial charge in [-0.25, -0.2) is 0 Å². The van der Waals surface area contributed by atoms with Crippen molar-refractivity contribution in [3.05, 3.63) is 60.2 Å². The molecule has 1 aliphatic rings. The van der Waals surface area contributed by atoms with Crippen LogP contribution in [-0.4, -0.2) is 85.7 Å². The maximum Gasteiger partial charge on any atom is 0.237 e. The third-order valence-electron chi connectivity index (χ3n) is 6.92. The van der Waals surface area contributed by atoms with Crippen LogP contribution in [0.25, 0.3) is 0 Å². The van der Waals surface area contributed by atoms with Gasteiger partial charge in [-0.2, -0.15) is 0 Å². The molecule has 0 bridgehead atoms. The Labute approximate surface area is 255 Å². The molecule has 0 spiro atoms. The van der Waals surface area contributed by atoms with Crippen LogP contribution in [0.5, 0.6) is 34.5 Å². The van der Waals surface area contributed by atoms with E-state index < -0.39 is 0 Å². The number of amides is 1. The minimum absolute atomic E-state index is 0.0192. The smallest absolute Gasteiger partial charge is 0.237 e. The molecule has 0 saturated carbocycles. The highest BCUT2D eigenvalue weighted by atomic mass is 32.2. The first-order valence-corrected chi connectivity index (χ1v) is 14.6. The van der Waals surface area contributed by atoms with E-state index in [4.69, 9.17) is 31.2 Å². The van der Waals surface area contributed by atoms with Gasteiger partial charge in [-0.1, -0.05) is 30.0 Å². The van der Waals surface area contributed by atoms with Gasteiger partial charge in [-0.15, -0.1) is 0 Å². The number of phenolic OH excluding ortho intramolecular Hbond substituents is 2. The topological polar surface area (TPSA) is 104 Å². The van der Waals surface area contributed by atoms with Gasteiger partial charge in [0, 0.05) is 44.0 Å². The molecule has 1 aliphatic heterocycles. The Morgan fingerprint density at radius 2 is 1.48 bits per heavy atom. The lowest BCUT2D eigenvalue weighted by Crippen LogP contribution is -2.47. The van der Waals surface area contributed by atoms with Crippen molar-refractivity contribution in [1.82, 2.24) is 4.90 Å². The van der Waals surface area contributed by atoms with Crippen molar-refractivity contribution in [2.75, 3.05) is 70.2 Å². The summed E-state index contributed by atoms with van der Waals surface area (Å²) in [6.07, 6.45) is 0. The first-order valence-electron chi connectivity index (χ1n) is 13.2. The van der Waals surface area contributed by atoms with Gasteiger partial charge in [0.15, 0.2) is 23.0 Å². The predicted octanol–water partition coefficient (Wildman–Crippen LogP) is 4.51. The van der Waals surface area contributed by atoms with E-state index in [2.05, 4.69) is 9.80 Å². The van der Waals surface area contributed by atoms with Gasteiger partial charge in [0.1, 0.15) is 10.1 Å². The van der Waals surface area contributed by atoms with Crippen LogP contribution in [0.15, 0.2) is 54.6 Å². The summed E-state index contributed by atoms with van der Waals surface area (Å²) in [5.74, 6) is 1.73. The van der Waals surface area contributed by atoms with Gasteiger partial charge in [0.05, 0.1) is 46.4 Å². The molecule has 4 rings (SSSR count). The molecule has 0 atom stereocenters. The highest BCUT2D eigenvalue weighted by molar-refractivity contribution is 8.23. The average Bonchev–Trinajstić information content (AvgIpc) is 3.02. The molecule has 42 heavy (non-hydrogen) atoms. The third kappa shape index (κ3) is 7.24. The van der Waals surface area contributed by atoms with Crippen LogP contribution >= 0.6 is 24.0 Å². The molecule has 1 saturated heterocycles. The highest BCUT2D eigenvalue weighted by Crippen LogP contribution is 2.41. The number of benzene rings is 3. The number of hydrogen-bond donors (Lipinski definition) is 2. The molecule has 3 aromatic carbocycles. The first-order chi connectivity index (χ1) is 20.3. The molecule has 0 aromatic heterocycles. The van der Waals surface area contributed by atoms with E-state index in [1.54, 1.807) is 47.4 Å². The second kappa shape index (κ2) is 14.2. The lowest BCUT2D eigenvalue weighted by atomic mass is 10.1. The fourth-order valence-electron chi connectivity index (χ4n) is 4.67. The number of rotatable bonds is 10. The zero-order valence-corrected chi connectivity index (χ0v) is 25.7. The zero-order valence-electron chi connectivity index (χ0n) is 24.0. The van der Waals surface area contributed by atoms with E-state index >= 15 is 0 Å². The fourth-order valence-corrected chi connectivity index (χ4v) is 5.79. The number of ether oxygens (including phenoxy) is 4. The number of thioether (sulfide) groups is 1. The van der Waals surface area contributed by atoms with E-state index in [0.29, 0.717) is 38.6 Å². The Morgan fingerprint density at radius 1 is 0.857 bits per heavy atom. The third-order valence-corrected chi connectivity index (χ3v) is 8.43. The minimum atomic E-state index is -0.185. The average molecular weight is 614 g/mol. The number of methoxy groups -OCH3 is 4. The second-order valence-electron chi connectivity index (χ2n) is 9.41. The quantitative estimate of drug-likeness (QED) is 0.316. The summed E-state index contributed by atoms with van der Waals surface area (Å²) in [7, 11) is 6.04. The minimum Gasteiger partial charge on any atom is -0.508 e. The van der Waals surface area contributed by atoms with Gasteiger partial charge in [-0.05, 0) is 42.0 Å². The number of nitrogens with zero attached hydrogens (tertiary/aromatic N) is 3. The number of phenols is 2. The van der Waals surface area contributed by atoms with Crippen molar-refractivity contribution < 1.29 is 34.0 Å². The van der Waals surface area contributed by atoms with Gasteiger partial charge in [-0.3, -0.25) is 4.79 Å². The van der Waals surface area contributed by atoms with Crippen LogP contribution in [0.3, 0.4) is 0 Å².